The fourth-order valence-corrected chi connectivity index (χ4v) is 3.64. The van der Waals surface area contributed by atoms with Gasteiger partial charge in [-0.2, -0.15) is 5.26 Å². The lowest BCUT2D eigenvalue weighted by molar-refractivity contribution is 0.0594. The number of pyridine rings is 1. The van der Waals surface area contributed by atoms with Crippen LogP contribution in [0.15, 0.2) is 18.3 Å². The molecule has 0 N–H and O–H groups in total. The zero-order valence-electron chi connectivity index (χ0n) is 16.2. The molecule has 0 unspecified atom stereocenters. The van der Waals surface area contributed by atoms with Crippen molar-refractivity contribution in [2.24, 2.45) is 0 Å². The third kappa shape index (κ3) is 5.68. The maximum absolute atomic E-state index is 9.20. The van der Waals surface area contributed by atoms with E-state index in [0.717, 1.165) is 70.9 Å². The third-order valence-electron chi connectivity index (χ3n) is 5.41. The maximum atomic E-state index is 9.20. The van der Waals surface area contributed by atoms with Crippen LogP contribution in [0.1, 0.15) is 25.5 Å². The Morgan fingerprint density at radius 1 is 1.11 bits per heavy atom. The molecule has 3 rings (SSSR count). The lowest BCUT2D eigenvalue weighted by Gasteiger charge is -2.33. The van der Waals surface area contributed by atoms with Crippen molar-refractivity contribution in [3.63, 3.8) is 0 Å². The van der Waals surface area contributed by atoms with E-state index in [4.69, 9.17) is 4.74 Å². The van der Waals surface area contributed by atoms with E-state index in [9.17, 15) is 5.26 Å². The molecule has 6 nitrogen and oxygen atoms in total. The molecule has 0 aromatic carbocycles. The second kappa shape index (κ2) is 10.3. The fourth-order valence-electron chi connectivity index (χ4n) is 3.64. The number of likely N-dealkylation sites (N-methyl/N-ethyl adjacent to an activating group) is 1. The standard InChI is InChI=1S/C21H29N5O/c1-2-24-13-15-25(16-14-24)10-3-4-17-27-19-7-11-26(12-8-19)21-6-5-9-23-20(21)18-22/h5-6,9,19H,2,7-8,10-17H2,1H3. The first-order valence-electron chi connectivity index (χ1n) is 9.92. The SMILES string of the molecule is CCN1CCN(CC#CCOC2CCN(c3cccnc3C#N)CC2)CC1. The normalized spacial score (nSPS) is 19.3. The number of piperazine rings is 1. The van der Waals surface area contributed by atoms with Gasteiger partial charge in [0.15, 0.2) is 5.69 Å². The van der Waals surface area contributed by atoms with Crippen molar-refractivity contribution >= 4 is 5.69 Å². The average Bonchev–Trinajstić information content (AvgIpc) is 2.74. The van der Waals surface area contributed by atoms with E-state index in [0.29, 0.717) is 12.3 Å². The molecule has 0 radical (unpaired) electrons. The fraction of sp³-hybridized carbons (Fsp3) is 0.619. The summed E-state index contributed by atoms with van der Waals surface area (Å²) < 4.78 is 5.94. The topological polar surface area (TPSA) is 55.6 Å². The summed E-state index contributed by atoms with van der Waals surface area (Å²) in [5.41, 5.74) is 1.43. The van der Waals surface area contributed by atoms with Crippen LogP contribution >= 0.6 is 0 Å². The molecule has 1 aromatic rings. The van der Waals surface area contributed by atoms with Gasteiger partial charge in [0.2, 0.25) is 0 Å². The first kappa shape index (κ1) is 19.6. The van der Waals surface area contributed by atoms with Gasteiger partial charge in [-0.1, -0.05) is 18.8 Å². The molecule has 1 aromatic heterocycles. The highest BCUT2D eigenvalue weighted by molar-refractivity contribution is 5.55. The predicted molar refractivity (Wildman–Crippen MR) is 106 cm³/mol. The number of aromatic nitrogens is 1. The molecule has 2 aliphatic rings. The Balaban J connectivity index is 1.34. The minimum absolute atomic E-state index is 0.255. The Kier molecular flexibility index (Phi) is 7.47. The molecule has 2 aliphatic heterocycles. The van der Waals surface area contributed by atoms with Crippen LogP contribution in [0.4, 0.5) is 5.69 Å². The summed E-state index contributed by atoms with van der Waals surface area (Å²) in [6.45, 7) is 11.0. The van der Waals surface area contributed by atoms with Crippen LogP contribution in [0.3, 0.4) is 0 Å². The molecule has 0 spiro atoms. The quantitative estimate of drug-likeness (QED) is 0.737. The number of hydrogen-bond donors (Lipinski definition) is 0. The molecular formula is C21H29N5O. The summed E-state index contributed by atoms with van der Waals surface area (Å²) in [4.78, 5) is 11.3. The van der Waals surface area contributed by atoms with Gasteiger partial charge in [-0.25, -0.2) is 4.98 Å². The summed E-state index contributed by atoms with van der Waals surface area (Å²) in [7, 11) is 0. The molecule has 0 bridgehead atoms. The largest absolute Gasteiger partial charge is 0.369 e. The first-order chi connectivity index (χ1) is 13.3. The molecule has 6 heteroatoms. The van der Waals surface area contributed by atoms with E-state index < -0.39 is 0 Å². The van der Waals surface area contributed by atoms with E-state index in [1.165, 1.54) is 0 Å². The Bertz CT molecular complexity index is 689. The van der Waals surface area contributed by atoms with Crippen molar-refractivity contribution in [1.82, 2.24) is 14.8 Å². The zero-order valence-corrected chi connectivity index (χ0v) is 16.2. The van der Waals surface area contributed by atoms with Crippen LogP contribution in [-0.2, 0) is 4.74 Å². The van der Waals surface area contributed by atoms with E-state index in [2.05, 4.69) is 44.5 Å². The summed E-state index contributed by atoms with van der Waals surface area (Å²) in [5.74, 6) is 6.43. The van der Waals surface area contributed by atoms with Gasteiger partial charge in [0.1, 0.15) is 12.7 Å². The van der Waals surface area contributed by atoms with Crippen molar-refractivity contribution in [2.45, 2.75) is 25.9 Å². The van der Waals surface area contributed by atoms with Crippen LogP contribution in [0, 0.1) is 23.2 Å². The highest BCUT2D eigenvalue weighted by Crippen LogP contribution is 2.23. The van der Waals surface area contributed by atoms with E-state index in [-0.39, 0.29) is 6.10 Å². The second-order valence-electron chi connectivity index (χ2n) is 7.04. The van der Waals surface area contributed by atoms with Crippen molar-refractivity contribution in [2.75, 3.05) is 63.9 Å². The number of piperidine rings is 1. The van der Waals surface area contributed by atoms with E-state index in [1.807, 2.05) is 12.1 Å². The first-order valence-corrected chi connectivity index (χ1v) is 9.92. The molecule has 0 aliphatic carbocycles. The summed E-state index contributed by atoms with van der Waals surface area (Å²) in [5, 5.41) is 9.20. The Morgan fingerprint density at radius 3 is 2.56 bits per heavy atom. The molecule has 2 saturated heterocycles. The smallest absolute Gasteiger partial charge is 0.163 e. The highest BCUT2D eigenvalue weighted by Gasteiger charge is 2.21. The molecule has 27 heavy (non-hydrogen) atoms. The summed E-state index contributed by atoms with van der Waals surface area (Å²) >= 11 is 0. The lowest BCUT2D eigenvalue weighted by Crippen LogP contribution is -2.46. The Hall–Kier alpha value is -2.12. The Labute approximate surface area is 162 Å². The Morgan fingerprint density at radius 2 is 1.85 bits per heavy atom. The van der Waals surface area contributed by atoms with Gasteiger partial charge in [-0.15, -0.1) is 0 Å². The minimum atomic E-state index is 0.255. The summed E-state index contributed by atoms with van der Waals surface area (Å²) in [6, 6.07) is 6.03. The van der Waals surface area contributed by atoms with Gasteiger partial charge in [-0.3, -0.25) is 4.90 Å². The zero-order chi connectivity index (χ0) is 18.9. The number of hydrogen-bond acceptors (Lipinski definition) is 6. The van der Waals surface area contributed by atoms with Crippen LogP contribution in [0.2, 0.25) is 0 Å². The van der Waals surface area contributed by atoms with Gasteiger partial charge < -0.3 is 14.5 Å². The summed E-state index contributed by atoms with van der Waals surface area (Å²) in [6.07, 6.45) is 3.84. The highest BCUT2D eigenvalue weighted by atomic mass is 16.5. The van der Waals surface area contributed by atoms with Crippen molar-refractivity contribution in [1.29, 1.82) is 5.26 Å². The van der Waals surface area contributed by atoms with Crippen LogP contribution in [-0.4, -0.2) is 79.9 Å². The molecule has 0 atom stereocenters. The monoisotopic (exact) mass is 367 g/mol. The minimum Gasteiger partial charge on any atom is -0.369 e. The number of rotatable bonds is 5. The van der Waals surface area contributed by atoms with Gasteiger partial charge in [0.25, 0.3) is 0 Å². The molecule has 2 fully saturated rings. The molecular weight excluding hydrogens is 338 g/mol. The van der Waals surface area contributed by atoms with Crippen LogP contribution in [0.5, 0.6) is 0 Å². The maximum Gasteiger partial charge on any atom is 0.163 e. The third-order valence-corrected chi connectivity index (χ3v) is 5.41. The number of anilines is 1. The van der Waals surface area contributed by atoms with Crippen LogP contribution in [0.25, 0.3) is 0 Å². The average molecular weight is 367 g/mol. The van der Waals surface area contributed by atoms with Gasteiger partial charge in [0.05, 0.1) is 18.3 Å². The molecule has 0 saturated carbocycles. The van der Waals surface area contributed by atoms with Crippen LogP contribution < -0.4 is 4.90 Å². The van der Waals surface area contributed by atoms with E-state index in [1.54, 1.807) is 6.20 Å². The predicted octanol–water partition coefficient (Wildman–Crippen LogP) is 1.58. The number of ether oxygens (including phenoxy) is 1. The molecule has 0 amide bonds. The van der Waals surface area contributed by atoms with E-state index >= 15 is 0 Å². The lowest BCUT2D eigenvalue weighted by atomic mass is 10.1. The van der Waals surface area contributed by atoms with Gasteiger partial charge in [-0.05, 0) is 31.5 Å². The van der Waals surface area contributed by atoms with Crippen molar-refractivity contribution in [3.05, 3.63) is 24.0 Å². The molecule has 144 valence electrons. The van der Waals surface area contributed by atoms with Crippen molar-refractivity contribution < 1.29 is 4.74 Å². The molecule has 3 heterocycles. The van der Waals surface area contributed by atoms with Crippen molar-refractivity contribution in [3.8, 4) is 17.9 Å². The number of nitriles is 1. The van der Waals surface area contributed by atoms with Gasteiger partial charge >= 0.3 is 0 Å². The van der Waals surface area contributed by atoms with Gasteiger partial charge in [0, 0.05) is 45.5 Å². The second-order valence-corrected chi connectivity index (χ2v) is 7.04. The number of nitrogens with zero attached hydrogens (tertiary/aromatic N) is 5.